The first-order chi connectivity index (χ1) is 20.8. The fourth-order valence-corrected chi connectivity index (χ4v) is 6.95. The number of H-pyrrole nitrogens is 1. The number of carbonyl (C=O) groups is 2. The van der Waals surface area contributed by atoms with Gasteiger partial charge in [-0.2, -0.15) is 14.0 Å². The van der Waals surface area contributed by atoms with E-state index in [1.165, 1.54) is 28.0 Å². The van der Waals surface area contributed by atoms with Crippen molar-refractivity contribution in [2.24, 2.45) is 5.73 Å². The molecule has 44 heavy (non-hydrogen) atoms. The molecule has 230 valence electrons. The normalized spacial score (nSPS) is 16.5. The Morgan fingerprint density at radius 2 is 2.02 bits per heavy atom. The molecule has 5 rings (SSSR count). The van der Waals surface area contributed by atoms with Gasteiger partial charge in [0, 0.05) is 29.4 Å². The zero-order valence-corrected chi connectivity index (χ0v) is 25.6. The van der Waals surface area contributed by atoms with E-state index >= 15 is 0 Å². The molecule has 1 fully saturated rings. The van der Waals surface area contributed by atoms with Crippen LogP contribution in [0.5, 0.6) is 5.75 Å². The Hall–Kier alpha value is -3.54. The van der Waals surface area contributed by atoms with Crippen LogP contribution in [0.2, 0.25) is 10.0 Å². The van der Waals surface area contributed by atoms with Gasteiger partial charge in [0.2, 0.25) is 0 Å². The molecule has 1 atom stereocenters. The van der Waals surface area contributed by atoms with Gasteiger partial charge in [-0.05, 0) is 59.0 Å². The summed E-state index contributed by atoms with van der Waals surface area (Å²) in [7, 11) is 0. The number of cyclic esters (lactones) is 1. The van der Waals surface area contributed by atoms with Crippen molar-refractivity contribution in [1.29, 1.82) is 5.26 Å². The van der Waals surface area contributed by atoms with Gasteiger partial charge in [0.1, 0.15) is 17.0 Å². The number of hydrogen-bond acceptors (Lipinski definition) is 8. The van der Waals surface area contributed by atoms with Crippen LogP contribution in [0.1, 0.15) is 51.6 Å². The lowest BCUT2D eigenvalue weighted by molar-refractivity contribution is 0.0684. The molecule has 0 bridgehead atoms. The first-order valence-electron chi connectivity index (χ1n) is 13.0. The fourth-order valence-electron chi connectivity index (χ4n) is 5.10. The van der Waals surface area contributed by atoms with Gasteiger partial charge in [-0.25, -0.2) is 4.79 Å². The summed E-state index contributed by atoms with van der Waals surface area (Å²) in [6.45, 7) is 0.433. The number of rotatable bonds is 7. The maximum atomic E-state index is 14.2. The van der Waals surface area contributed by atoms with Crippen LogP contribution in [0.4, 0.5) is 19.3 Å². The molecule has 2 aliphatic rings. The predicted octanol–water partition coefficient (Wildman–Crippen LogP) is 6.24. The largest absolute Gasteiger partial charge is 0.506 e. The number of nitriles is 1. The highest BCUT2D eigenvalue weighted by atomic mass is 35.5. The molecule has 10 nitrogen and oxygen atoms in total. The van der Waals surface area contributed by atoms with Gasteiger partial charge < -0.3 is 25.5 Å². The first kappa shape index (κ1) is 31.9. The van der Waals surface area contributed by atoms with E-state index < -0.39 is 40.2 Å². The standard InChI is InChI=1S/C28H22Cl3F2N5O5S/c29-16-3-2-13(11-35)23(30)24(16)44-20-10-21(28(31,32)33)36-25(40)22(20)26(41)38-12-14-8-18(37-6-1-7-43-27(37)42)19(39)9-15(14)17(38)4-5-34/h2-3,8-10,17,39H,1,4,6-7,11-12,35H2,(H,36,40). The summed E-state index contributed by atoms with van der Waals surface area (Å²) in [6, 6.07) is 7.89. The van der Waals surface area contributed by atoms with E-state index in [0.29, 0.717) is 41.4 Å². The van der Waals surface area contributed by atoms with Crippen LogP contribution in [0, 0.1) is 11.3 Å². The van der Waals surface area contributed by atoms with E-state index in [-0.39, 0.29) is 57.4 Å². The Balaban J connectivity index is 1.60. The Morgan fingerprint density at radius 1 is 1.27 bits per heavy atom. The van der Waals surface area contributed by atoms with Crippen LogP contribution in [0.25, 0.3) is 0 Å². The highest BCUT2D eigenvalue weighted by Crippen LogP contribution is 2.46. The van der Waals surface area contributed by atoms with Gasteiger partial charge >= 0.3 is 11.5 Å². The number of aromatic hydroxyl groups is 1. The molecule has 2 aromatic carbocycles. The number of nitrogens with one attached hydrogen (secondary N) is 1. The number of benzene rings is 2. The highest BCUT2D eigenvalue weighted by Gasteiger charge is 2.39. The number of alkyl halides is 3. The molecule has 2 aliphatic heterocycles. The molecular formula is C28H22Cl3F2N5O5S. The second-order valence-electron chi connectivity index (χ2n) is 9.88. The molecule has 1 aromatic heterocycles. The quantitative estimate of drug-likeness (QED) is 0.247. The van der Waals surface area contributed by atoms with Gasteiger partial charge in [-0.15, -0.1) is 0 Å². The van der Waals surface area contributed by atoms with E-state index in [4.69, 9.17) is 45.3 Å². The van der Waals surface area contributed by atoms with Crippen molar-refractivity contribution in [1.82, 2.24) is 9.88 Å². The summed E-state index contributed by atoms with van der Waals surface area (Å²) in [5.74, 6) is -1.16. The Kier molecular flexibility index (Phi) is 9.02. The number of fused-ring (bicyclic) bond motifs is 1. The van der Waals surface area contributed by atoms with Crippen molar-refractivity contribution >= 4 is 64.3 Å². The molecule has 2 amide bonds. The number of hydrogen-bond donors (Lipinski definition) is 3. The second-order valence-corrected chi connectivity index (χ2v) is 12.2. The van der Waals surface area contributed by atoms with Crippen LogP contribution in [-0.4, -0.2) is 40.1 Å². The predicted molar refractivity (Wildman–Crippen MR) is 160 cm³/mol. The van der Waals surface area contributed by atoms with Crippen molar-refractivity contribution in [3.05, 3.63) is 78.7 Å². The zero-order chi connectivity index (χ0) is 31.9. The number of nitrogens with zero attached hydrogens (tertiary/aromatic N) is 3. The summed E-state index contributed by atoms with van der Waals surface area (Å²) in [5.41, 5.74) is 4.66. The number of carbonyl (C=O) groups excluding carboxylic acids is 2. The topological polar surface area (TPSA) is 153 Å². The summed E-state index contributed by atoms with van der Waals surface area (Å²) in [6.07, 6.45) is -0.337. The van der Waals surface area contributed by atoms with Gasteiger partial charge in [-0.3, -0.25) is 14.5 Å². The van der Waals surface area contributed by atoms with Crippen LogP contribution in [0.15, 0.2) is 44.9 Å². The minimum Gasteiger partial charge on any atom is -0.506 e. The maximum absolute atomic E-state index is 14.2. The molecule has 4 N–H and O–H groups in total. The lowest BCUT2D eigenvalue weighted by Crippen LogP contribution is -2.37. The van der Waals surface area contributed by atoms with Crippen LogP contribution >= 0.6 is 46.6 Å². The summed E-state index contributed by atoms with van der Waals surface area (Å²) in [4.78, 5) is 44.2. The molecule has 0 radical (unpaired) electrons. The van der Waals surface area contributed by atoms with Crippen LogP contribution in [-0.2, 0) is 23.2 Å². The van der Waals surface area contributed by atoms with E-state index in [1.54, 1.807) is 6.07 Å². The number of nitrogens with two attached hydrogens (primary N) is 1. The third kappa shape index (κ3) is 5.92. The van der Waals surface area contributed by atoms with Gasteiger partial charge in [0.25, 0.3) is 11.5 Å². The van der Waals surface area contributed by atoms with Crippen molar-refractivity contribution in [2.75, 3.05) is 18.1 Å². The number of phenols is 1. The van der Waals surface area contributed by atoms with Crippen molar-refractivity contribution in [2.45, 2.75) is 47.1 Å². The van der Waals surface area contributed by atoms with Gasteiger partial charge in [0.05, 0.1) is 40.9 Å². The average Bonchev–Trinajstić information content (AvgIpc) is 3.31. The van der Waals surface area contributed by atoms with E-state index in [2.05, 4.69) is 0 Å². The third-order valence-corrected chi connectivity index (χ3v) is 9.54. The summed E-state index contributed by atoms with van der Waals surface area (Å²) < 4.78 is 33.5. The SMILES string of the molecule is N#CCC1c2cc(O)c(N3CCCOC3=O)cc2CN1C(=O)c1c(Sc2c(Cl)ccc(CN)c2Cl)cc(C(F)(F)Cl)[nH]c1=O. The smallest absolute Gasteiger partial charge is 0.414 e. The zero-order valence-electron chi connectivity index (χ0n) is 22.5. The summed E-state index contributed by atoms with van der Waals surface area (Å²) in [5, 5.41) is 16.6. The molecule has 0 spiro atoms. The number of ether oxygens (including phenoxy) is 1. The van der Waals surface area contributed by atoms with Crippen molar-refractivity contribution < 1.29 is 28.2 Å². The molecule has 1 saturated heterocycles. The van der Waals surface area contributed by atoms with E-state index in [9.17, 15) is 33.5 Å². The minimum atomic E-state index is -3.99. The van der Waals surface area contributed by atoms with E-state index in [1.807, 2.05) is 11.1 Å². The molecular weight excluding hydrogens is 663 g/mol. The molecule has 0 aliphatic carbocycles. The van der Waals surface area contributed by atoms with Crippen molar-refractivity contribution in [3.8, 4) is 11.8 Å². The number of phenolic OH excluding ortho intramolecular Hbond substituents is 1. The number of pyridine rings is 1. The summed E-state index contributed by atoms with van der Waals surface area (Å²) >= 11 is 18.8. The first-order valence-corrected chi connectivity index (χ1v) is 15.0. The van der Waals surface area contributed by atoms with Gasteiger partial charge in [0.15, 0.2) is 0 Å². The Bertz CT molecular complexity index is 1780. The number of anilines is 1. The minimum absolute atomic E-state index is 0.0293. The number of amides is 2. The fraction of sp³-hybridized carbons (Fsp3) is 0.286. The van der Waals surface area contributed by atoms with Crippen molar-refractivity contribution in [3.63, 3.8) is 0 Å². The molecule has 3 aromatic rings. The lowest BCUT2D eigenvalue weighted by atomic mass is 10.0. The molecule has 16 heteroatoms. The molecule has 1 unspecified atom stereocenters. The van der Waals surface area contributed by atoms with Crippen LogP contribution in [0.3, 0.4) is 0 Å². The Morgan fingerprint density at radius 3 is 2.68 bits per heavy atom. The number of aromatic amines is 1. The maximum Gasteiger partial charge on any atom is 0.414 e. The number of aromatic nitrogens is 1. The molecule has 0 saturated carbocycles. The monoisotopic (exact) mass is 683 g/mol. The number of halogens is 5. The highest BCUT2D eigenvalue weighted by molar-refractivity contribution is 7.99. The molecule has 3 heterocycles. The van der Waals surface area contributed by atoms with Crippen LogP contribution < -0.4 is 16.2 Å². The second kappa shape index (κ2) is 12.5. The van der Waals surface area contributed by atoms with Gasteiger partial charge in [-0.1, -0.05) is 41.0 Å². The van der Waals surface area contributed by atoms with E-state index in [0.717, 1.165) is 6.07 Å². The third-order valence-electron chi connectivity index (χ3n) is 7.20. The average molecular weight is 685 g/mol. The Labute approximate surface area is 268 Å². The lowest BCUT2D eigenvalue weighted by Gasteiger charge is -2.27.